The lowest BCUT2D eigenvalue weighted by Crippen LogP contribution is -2.46. The number of hydrogen-bond acceptors (Lipinski definition) is 5. The molecule has 0 spiro atoms. The van der Waals surface area contributed by atoms with Gasteiger partial charge in [-0.2, -0.15) is 13.2 Å². The van der Waals surface area contributed by atoms with Gasteiger partial charge in [-0.25, -0.2) is 22.7 Å². The van der Waals surface area contributed by atoms with Crippen molar-refractivity contribution in [2.24, 2.45) is 11.8 Å². The molecule has 11 heteroatoms. The molecule has 4 rings (SSSR count). The zero-order valence-electron chi connectivity index (χ0n) is 17.5. The van der Waals surface area contributed by atoms with E-state index in [2.05, 4.69) is 19.9 Å². The number of rotatable bonds is 5. The summed E-state index contributed by atoms with van der Waals surface area (Å²) in [6.45, 7) is -0.252. The van der Waals surface area contributed by atoms with Crippen LogP contribution in [0.5, 0.6) is 0 Å². The monoisotopic (exact) mass is 459 g/mol. The predicted octanol–water partition coefficient (Wildman–Crippen LogP) is 3.56. The standard InChI is InChI=1S/C20H28F3N5O2S/c1-27(19-17-8-9-24-18(17)25-13-26-19)16-6-4-14(5-7-16)12-31(29,30)28-10-2-3-15(11-28)20(21,22)23/h8-9,13-16H,2-7,10-12H2,1H3,(H,24,25,26). The van der Waals surface area contributed by atoms with Crippen LogP contribution in [0, 0.1) is 11.8 Å². The second-order valence-corrected chi connectivity index (χ2v) is 10.8. The van der Waals surface area contributed by atoms with E-state index in [4.69, 9.17) is 0 Å². The fourth-order valence-electron chi connectivity index (χ4n) is 4.88. The van der Waals surface area contributed by atoms with Crippen molar-refractivity contribution in [1.29, 1.82) is 0 Å². The number of alkyl halides is 3. The molecule has 1 unspecified atom stereocenters. The number of hydrogen-bond donors (Lipinski definition) is 1. The van der Waals surface area contributed by atoms with Gasteiger partial charge in [0.2, 0.25) is 10.0 Å². The number of aromatic amines is 1. The van der Waals surface area contributed by atoms with Gasteiger partial charge in [0, 0.05) is 32.4 Å². The number of nitrogens with zero attached hydrogens (tertiary/aromatic N) is 4. The maximum Gasteiger partial charge on any atom is 0.393 e. The Balaban J connectivity index is 1.35. The zero-order chi connectivity index (χ0) is 22.2. The Morgan fingerprint density at radius 2 is 1.94 bits per heavy atom. The van der Waals surface area contributed by atoms with E-state index in [1.807, 2.05) is 19.3 Å². The van der Waals surface area contributed by atoms with Gasteiger partial charge in [0.25, 0.3) is 0 Å². The summed E-state index contributed by atoms with van der Waals surface area (Å²) in [5.74, 6) is -0.810. The Morgan fingerprint density at radius 3 is 2.65 bits per heavy atom. The average molecular weight is 460 g/mol. The lowest BCUT2D eigenvalue weighted by Gasteiger charge is -2.37. The maximum atomic E-state index is 13.1. The normalized spacial score (nSPS) is 26.3. The van der Waals surface area contributed by atoms with Crippen LogP contribution in [0.25, 0.3) is 11.0 Å². The Bertz CT molecular complexity index is 1000. The summed E-state index contributed by atoms with van der Waals surface area (Å²) in [4.78, 5) is 13.8. The Labute approximate surface area is 180 Å². The summed E-state index contributed by atoms with van der Waals surface area (Å²) in [5.41, 5.74) is 0.773. The first-order chi connectivity index (χ1) is 14.6. The van der Waals surface area contributed by atoms with Gasteiger partial charge in [0.1, 0.15) is 17.8 Å². The highest BCUT2D eigenvalue weighted by atomic mass is 32.2. The van der Waals surface area contributed by atoms with Gasteiger partial charge in [-0.3, -0.25) is 0 Å². The number of halogens is 3. The molecular weight excluding hydrogens is 431 g/mol. The predicted molar refractivity (Wildman–Crippen MR) is 112 cm³/mol. The summed E-state index contributed by atoms with van der Waals surface area (Å²) < 4.78 is 65.9. The lowest BCUT2D eigenvalue weighted by atomic mass is 9.86. The first-order valence-electron chi connectivity index (χ1n) is 10.7. The van der Waals surface area contributed by atoms with Crippen molar-refractivity contribution in [3.63, 3.8) is 0 Å². The molecule has 2 aromatic heterocycles. The molecule has 1 saturated carbocycles. The van der Waals surface area contributed by atoms with E-state index in [0.717, 1.165) is 46.8 Å². The van der Waals surface area contributed by atoms with Crippen LogP contribution >= 0.6 is 0 Å². The van der Waals surface area contributed by atoms with Crippen molar-refractivity contribution >= 4 is 26.9 Å². The quantitative estimate of drug-likeness (QED) is 0.740. The van der Waals surface area contributed by atoms with Crippen molar-refractivity contribution in [1.82, 2.24) is 19.3 Å². The molecule has 7 nitrogen and oxygen atoms in total. The lowest BCUT2D eigenvalue weighted by molar-refractivity contribution is -0.182. The third kappa shape index (κ3) is 4.82. The van der Waals surface area contributed by atoms with Gasteiger partial charge in [-0.05, 0) is 50.5 Å². The summed E-state index contributed by atoms with van der Waals surface area (Å²) in [6.07, 6.45) is 2.35. The number of piperidine rings is 1. The van der Waals surface area contributed by atoms with Gasteiger partial charge in [-0.15, -0.1) is 0 Å². The van der Waals surface area contributed by atoms with Crippen molar-refractivity contribution in [3.8, 4) is 0 Å². The first kappa shape index (κ1) is 22.3. The molecule has 0 aromatic carbocycles. The van der Waals surface area contributed by atoms with Gasteiger partial charge < -0.3 is 9.88 Å². The number of fused-ring (bicyclic) bond motifs is 1. The minimum absolute atomic E-state index is 0.00438. The smallest absolute Gasteiger partial charge is 0.356 e. The molecule has 0 amide bonds. The van der Waals surface area contributed by atoms with Crippen molar-refractivity contribution in [3.05, 3.63) is 18.6 Å². The van der Waals surface area contributed by atoms with Crippen LogP contribution in [0.4, 0.5) is 19.0 Å². The second kappa shape index (κ2) is 8.57. The van der Waals surface area contributed by atoms with E-state index in [1.165, 1.54) is 6.33 Å². The topological polar surface area (TPSA) is 82.2 Å². The number of nitrogens with one attached hydrogen (secondary N) is 1. The summed E-state index contributed by atoms with van der Waals surface area (Å²) in [7, 11) is -1.70. The van der Waals surface area contributed by atoms with Gasteiger partial charge in [0.05, 0.1) is 17.1 Å². The highest BCUT2D eigenvalue weighted by Gasteiger charge is 2.44. The molecule has 0 bridgehead atoms. The second-order valence-electron chi connectivity index (χ2n) is 8.74. The molecular formula is C20H28F3N5O2S. The van der Waals surface area contributed by atoms with Crippen LogP contribution in [-0.4, -0.2) is 65.8 Å². The zero-order valence-corrected chi connectivity index (χ0v) is 18.3. The minimum Gasteiger partial charge on any atom is -0.356 e. The Hall–Kier alpha value is -1.88. The van der Waals surface area contributed by atoms with Gasteiger partial charge in [0.15, 0.2) is 0 Å². The van der Waals surface area contributed by atoms with E-state index in [9.17, 15) is 21.6 Å². The third-order valence-electron chi connectivity index (χ3n) is 6.72. The van der Waals surface area contributed by atoms with E-state index in [1.54, 1.807) is 0 Å². The van der Waals surface area contributed by atoms with Gasteiger partial charge in [-0.1, -0.05) is 0 Å². The number of H-pyrrole nitrogens is 1. The van der Waals surface area contributed by atoms with E-state index >= 15 is 0 Å². The molecule has 1 saturated heterocycles. The molecule has 3 heterocycles. The molecule has 2 aliphatic rings. The highest BCUT2D eigenvalue weighted by Crippen LogP contribution is 2.36. The first-order valence-corrected chi connectivity index (χ1v) is 12.3. The molecule has 2 aromatic rings. The van der Waals surface area contributed by atoms with E-state index < -0.39 is 28.7 Å². The van der Waals surface area contributed by atoms with Crippen LogP contribution in [0.3, 0.4) is 0 Å². The highest BCUT2D eigenvalue weighted by molar-refractivity contribution is 7.89. The van der Waals surface area contributed by atoms with Crippen LogP contribution < -0.4 is 4.90 Å². The van der Waals surface area contributed by atoms with Crippen LogP contribution in [-0.2, 0) is 10.0 Å². The van der Waals surface area contributed by atoms with Crippen LogP contribution in [0.1, 0.15) is 38.5 Å². The molecule has 31 heavy (non-hydrogen) atoms. The molecule has 172 valence electrons. The largest absolute Gasteiger partial charge is 0.393 e. The molecule has 1 aliphatic heterocycles. The molecule has 1 aliphatic carbocycles. The fourth-order valence-corrected chi connectivity index (χ4v) is 6.83. The fraction of sp³-hybridized carbons (Fsp3) is 0.700. The summed E-state index contributed by atoms with van der Waals surface area (Å²) >= 11 is 0. The van der Waals surface area contributed by atoms with Crippen LogP contribution in [0.15, 0.2) is 18.6 Å². The number of anilines is 1. The molecule has 2 fully saturated rings. The summed E-state index contributed by atoms with van der Waals surface area (Å²) in [5, 5.41) is 0.944. The number of aromatic nitrogens is 3. The maximum absolute atomic E-state index is 13.1. The number of sulfonamides is 1. The van der Waals surface area contributed by atoms with Gasteiger partial charge >= 0.3 is 6.18 Å². The van der Waals surface area contributed by atoms with Crippen molar-refractivity contribution in [2.75, 3.05) is 30.8 Å². The third-order valence-corrected chi connectivity index (χ3v) is 8.73. The average Bonchev–Trinajstić information content (AvgIpc) is 3.22. The van der Waals surface area contributed by atoms with E-state index in [0.29, 0.717) is 0 Å². The van der Waals surface area contributed by atoms with E-state index in [-0.39, 0.29) is 37.1 Å². The summed E-state index contributed by atoms with van der Waals surface area (Å²) in [6, 6.07) is 2.17. The minimum atomic E-state index is -4.34. The van der Waals surface area contributed by atoms with Crippen molar-refractivity contribution < 1.29 is 21.6 Å². The Kier molecular flexibility index (Phi) is 6.17. The molecule has 0 radical (unpaired) electrons. The van der Waals surface area contributed by atoms with Crippen LogP contribution in [0.2, 0.25) is 0 Å². The Morgan fingerprint density at radius 1 is 1.19 bits per heavy atom. The SMILES string of the molecule is CN(c1ncnc2[nH]ccc12)C1CCC(CS(=O)(=O)N2CCCC(C(F)(F)F)C2)CC1. The molecule has 1 N–H and O–H groups in total. The molecule has 1 atom stereocenters. The van der Waals surface area contributed by atoms with Crippen molar-refractivity contribution in [2.45, 2.75) is 50.7 Å².